The quantitative estimate of drug-likeness (QED) is 0.420. The summed E-state index contributed by atoms with van der Waals surface area (Å²) >= 11 is 11.2. The van der Waals surface area contributed by atoms with Crippen molar-refractivity contribution >= 4 is 35.3 Å². The van der Waals surface area contributed by atoms with E-state index in [1.54, 1.807) is 0 Å². The summed E-state index contributed by atoms with van der Waals surface area (Å²) in [6.45, 7) is 0. The maximum atomic E-state index is 10.8. The smallest absolute Gasteiger partial charge is 0.225 e. The van der Waals surface area contributed by atoms with Gasteiger partial charge in [-0.2, -0.15) is 0 Å². The van der Waals surface area contributed by atoms with E-state index in [9.17, 15) is 9.59 Å². The lowest BCUT2D eigenvalue weighted by atomic mass is 10.1. The van der Waals surface area contributed by atoms with Crippen molar-refractivity contribution in [3.05, 3.63) is 33.8 Å². The van der Waals surface area contributed by atoms with Gasteiger partial charge in [-0.05, 0) is 18.2 Å². The molecule has 0 heterocycles. The maximum absolute atomic E-state index is 10.8. The van der Waals surface area contributed by atoms with Crippen molar-refractivity contribution in [1.29, 1.82) is 0 Å². The monoisotopic (exact) mass is 202 g/mol. The Kier molecular flexibility index (Phi) is 2.84. The lowest BCUT2D eigenvalue weighted by molar-refractivity contribution is -0.104. The minimum absolute atomic E-state index is 0.211. The summed E-state index contributed by atoms with van der Waals surface area (Å²) in [5.41, 5.74) is 0.211. The third-order valence-electron chi connectivity index (χ3n) is 1.25. The predicted octanol–water partition coefficient (Wildman–Crippen LogP) is 2.38. The third kappa shape index (κ3) is 2.06. The van der Waals surface area contributed by atoms with Crippen molar-refractivity contribution in [3.8, 4) is 0 Å². The molecule has 0 spiro atoms. The van der Waals surface area contributed by atoms with Crippen LogP contribution in [0.25, 0.3) is 0 Å². The first kappa shape index (κ1) is 9.23. The van der Waals surface area contributed by atoms with Crippen molar-refractivity contribution in [1.82, 2.24) is 0 Å². The molecule has 0 unspecified atom stereocenters. The van der Waals surface area contributed by atoms with Gasteiger partial charge < -0.3 is 0 Å². The number of aldehydes is 1. The predicted molar refractivity (Wildman–Crippen MR) is 46.9 cm³/mol. The van der Waals surface area contributed by atoms with Gasteiger partial charge >= 0.3 is 0 Å². The molecular formula is C8H4Cl2O2. The number of ketones is 1. The maximum Gasteiger partial charge on any atom is 0.225 e. The fourth-order valence-corrected chi connectivity index (χ4v) is 1.29. The summed E-state index contributed by atoms with van der Waals surface area (Å²) in [6.07, 6.45) is 0.224. The molecular weight excluding hydrogens is 199 g/mol. The summed E-state index contributed by atoms with van der Waals surface area (Å²) in [5, 5.41) is 0.681. The summed E-state index contributed by atoms with van der Waals surface area (Å²) in [6, 6.07) is 4.28. The van der Waals surface area contributed by atoms with Crippen molar-refractivity contribution in [2.24, 2.45) is 0 Å². The van der Waals surface area contributed by atoms with Crippen LogP contribution in [-0.4, -0.2) is 12.1 Å². The third-order valence-corrected chi connectivity index (χ3v) is 1.69. The first-order chi connectivity index (χ1) is 5.63. The Bertz CT molecular complexity index is 314. The van der Waals surface area contributed by atoms with Crippen LogP contribution < -0.4 is 0 Å². The Morgan fingerprint density at radius 1 is 1.17 bits per heavy atom. The molecule has 0 bridgehead atoms. The zero-order chi connectivity index (χ0) is 9.14. The van der Waals surface area contributed by atoms with E-state index in [2.05, 4.69) is 0 Å². The lowest BCUT2D eigenvalue weighted by Crippen LogP contribution is -1.99. The number of benzene rings is 1. The van der Waals surface area contributed by atoms with E-state index >= 15 is 0 Å². The van der Waals surface area contributed by atoms with Gasteiger partial charge in [-0.1, -0.05) is 23.2 Å². The fraction of sp³-hybridized carbons (Fsp3) is 0. The highest BCUT2D eigenvalue weighted by atomic mass is 35.5. The molecule has 0 aromatic heterocycles. The molecule has 0 amide bonds. The Hall–Kier alpha value is -0.860. The minimum atomic E-state index is -0.626. The summed E-state index contributed by atoms with van der Waals surface area (Å²) in [5.74, 6) is -0.626. The second kappa shape index (κ2) is 3.70. The van der Waals surface area contributed by atoms with E-state index < -0.39 is 5.78 Å². The van der Waals surface area contributed by atoms with E-state index in [1.807, 2.05) is 0 Å². The number of Topliss-reactive ketones (excluding diaryl/α,β-unsaturated/α-hetero) is 1. The fourth-order valence-electron chi connectivity index (χ4n) is 0.764. The molecule has 62 valence electrons. The first-order valence-electron chi connectivity index (χ1n) is 3.09. The second-order valence-corrected chi connectivity index (χ2v) is 3.01. The van der Waals surface area contributed by atoms with E-state index in [-0.39, 0.29) is 11.8 Å². The van der Waals surface area contributed by atoms with Crippen LogP contribution >= 0.6 is 23.2 Å². The van der Waals surface area contributed by atoms with Crippen LogP contribution in [0, 0.1) is 0 Å². The molecule has 0 N–H and O–H groups in total. The van der Waals surface area contributed by atoms with Crippen molar-refractivity contribution in [2.75, 3.05) is 0 Å². The number of carbonyl (C=O) groups is 2. The molecule has 0 aliphatic heterocycles. The van der Waals surface area contributed by atoms with Gasteiger partial charge in [-0.25, -0.2) is 0 Å². The number of carbonyl (C=O) groups excluding carboxylic acids is 2. The highest BCUT2D eigenvalue weighted by Crippen LogP contribution is 2.18. The van der Waals surface area contributed by atoms with E-state index in [0.29, 0.717) is 10.0 Å². The number of rotatable bonds is 2. The molecule has 12 heavy (non-hydrogen) atoms. The number of hydrogen-bond acceptors (Lipinski definition) is 2. The zero-order valence-corrected chi connectivity index (χ0v) is 7.39. The van der Waals surface area contributed by atoms with Gasteiger partial charge in [0.1, 0.15) is 0 Å². The molecule has 1 aromatic rings. The molecule has 0 saturated heterocycles. The Morgan fingerprint density at radius 3 is 2.08 bits per heavy atom. The normalized spacial score (nSPS) is 9.50. The average Bonchev–Trinajstić information content (AvgIpc) is 2.01. The molecule has 0 aliphatic rings. The van der Waals surface area contributed by atoms with Gasteiger partial charge in [0, 0.05) is 15.6 Å². The van der Waals surface area contributed by atoms with Gasteiger partial charge in [0.25, 0.3) is 0 Å². The molecule has 1 rings (SSSR count). The summed E-state index contributed by atoms with van der Waals surface area (Å²) in [7, 11) is 0. The molecule has 1 aromatic carbocycles. The minimum Gasteiger partial charge on any atom is -0.294 e. The highest BCUT2D eigenvalue weighted by Gasteiger charge is 2.05. The summed E-state index contributed by atoms with van der Waals surface area (Å²) in [4.78, 5) is 20.9. The average molecular weight is 203 g/mol. The van der Waals surface area contributed by atoms with Gasteiger partial charge in [-0.15, -0.1) is 0 Å². The topological polar surface area (TPSA) is 34.1 Å². The molecule has 0 radical (unpaired) electrons. The van der Waals surface area contributed by atoms with E-state index in [0.717, 1.165) is 0 Å². The molecule has 0 atom stereocenters. The van der Waals surface area contributed by atoms with E-state index in [1.165, 1.54) is 18.2 Å². The van der Waals surface area contributed by atoms with Crippen LogP contribution in [0.5, 0.6) is 0 Å². The van der Waals surface area contributed by atoms with Gasteiger partial charge in [0.05, 0.1) is 0 Å². The molecule has 0 fully saturated rings. The first-order valence-corrected chi connectivity index (χ1v) is 3.84. The van der Waals surface area contributed by atoms with Crippen LogP contribution in [0.15, 0.2) is 18.2 Å². The Morgan fingerprint density at radius 2 is 1.67 bits per heavy atom. The molecule has 0 aliphatic carbocycles. The summed E-state index contributed by atoms with van der Waals surface area (Å²) < 4.78 is 0. The molecule has 4 heteroatoms. The highest BCUT2D eigenvalue weighted by molar-refractivity contribution is 6.38. The van der Waals surface area contributed by atoms with E-state index in [4.69, 9.17) is 23.2 Å². The second-order valence-electron chi connectivity index (χ2n) is 2.14. The lowest BCUT2D eigenvalue weighted by Gasteiger charge is -1.96. The van der Waals surface area contributed by atoms with Crippen LogP contribution in [0.2, 0.25) is 10.0 Å². The number of halogens is 2. The van der Waals surface area contributed by atoms with Crippen LogP contribution in [0.4, 0.5) is 0 Å². The Balaban J connectivity index is 3.17. The number of hydrogen-bond donors (Lipinski definition) is 0. The zero-order valence-electron chi connectivity index (χ0n) is 5.88. The molecule has 2 nitrogen and oxygen atoms in total. The standard InChI is InChI=1S/C8H4Cl2O2/c9-6-1-5(8(12)4-11)2-7(10)3-6/h1-4H. The van der Waals surface area contributed by atoms with Crippen LogP contribution in [-0.2, 0) is 4.79 Å². The van der Waals surface area contributed by atoms with Gasteiger partial charge in [0.2, 0.25) is 5.78 Å². The Labute approximate surface area is 79.1 Å². The van der Waals surface area contributed by atoms with Crippen LogP contribution in [0.1, 0.15) is 10.4 Å². The van der Waals surface area contributed by atoms with Gasteiger partial charge in [0.15, 0.2) is 6.29 Å². The van der Waals surface area contributed by atoms with Crippen molar-refractivity contribution in [2.45, 2.75) is 0 Å². The SMILES string of the molecule is O=CC(=O)c1cc(Cl)cc(Cl)c1. The van der Waals surface area contributed by atoms with Crippen LogP contribution in [0.3, 0.4) is 0 Å². The van der Waals surface area contributed by atoms with Crippen molar-refractivity contribution in [3.63, 3.8) is 0 Å². The van der Waals surface area contributed by atoms with Crippen molar-refractivity contribution < 1.29 is 9.59 Å². The molecule has 0 saturated carbocycles. The van der Waals surface area contributed by atoms with Gasteiger partial charge in [-0.3, -0.25) is 9.59 Å². The largest absolute Gasteiger partial charge is 0.294 e.